The van der Waals surface area contributed by atoms with Gasteiger partial charge in [0.05, 0.1) is 6.20 Å². The summed E-state index contributed by atoms with van der Waals surface area (Å²) in [6.45, 7) is 0. The molecule has 11 heteroatoms. The van der Waals surface area contributed by atoms with Crippen molar-refractivity contribution in [2.75, 3.05) is 0 Å². The van der Waals surface area contributed by atoms with E-state index < -0.39 is 36.5 Å². The molecule has 4 nitrogen and oxygen atoms in total. The van der Waals surface area contributed by atoms with Gasteiger partial charge in [-0.05, 0) is 15.9 Å². The summed E-state index contributed by atoms with van der Waals surface area (Å²) >= 11 is 2.41. The lowest BCUT2D eigenvalue weighted by Gasteiger charge is -2.12. The van der Waals surface area contributed by atoms with Crippen LogP contribution < -0.4 is 4.74 Å². The molecule has 1 aromatic heterocycles. The molecule has 1 aromatic rings. The number of hydrogen-bond donors (Lipinski definition) is 0. The largest absolute Gasteiger partial charge is 0.573 e. The van der Waals surface area contributed by atoms with Gasteiger partial charge >= 0.3 is 6.36 Å². The maximum absolute atomic E-state index is 12.9. The maximum atomic E-state index is 12.9. The van der Waals surface area contributed by atoms with Gasteiger partial charge in [0.25, 0.3) is 9.05 Å². The molecule has 1 heterocycles. The van der Waals surface area contributed by atoms with Gasteiger partial charge in [0.15, 0.2) is 11.6 Å². The standard InChI is InChI=1S/C6HBrClF4NO3S/c7-3-2(9)1-13-5(17(8,14)15)4(3)16-6(10,11)12/h1H. The maximum Gasteiger partial charge on any atom is 0.573 e. The third-order valence-corrected chi connectivity index (χ3v) is 3.28. The Bertz CT molecular complexity index is 547. The molecule has 0 aliphatic heterocycles. The Balaban J connectivity index is 3.48. The number of pyridine rings is 1. The molecule has 0 radical (unpaired) electrons. The van der Waals surface area contributed by atoms with Crippen molar-refractivity contribution in [3.8, 4) is 5.75 Å². The van der Waals surface area contributed by atoms with E-state index in [1.807, 2.05) is 0 Å². The van der Waals surface area contributed by atoms with Crippen LogP contribution in [0, 0.1) is 5.82 Å². The first-order chi connectivity index (χ1) is 7.52. The fraction of sp³-hybridized carbons (Fsp3) is 0.167. The van der Waals surface area contributed by atoms with Crippen LogP contribution in [0.2, 0.25) is 0 Å². The minimum absolute atomic E-state index is 0.391. The Morgan fingerprint density at radius 2 is 1.94 bits per heavy atom. The van der Waals surface area contributed by atoms with Gasteiger partial charge in [-0.3, -0.25) is 0 Å². The average Bonchev–Trinajstić information content (AvgIpc) is 2.08. The molecule has 0 bridgehead atoms. The van der Waals surface area contributed by atoms with Gasteiger partial charge in [-0.1, -0.05) is 0 Å². The van der Waals surface area contributed by atoms with E-state index in [0.717, 1.165) is 0 Å². The molecule has 0 saturated heterocycles. The zero-order valence-electron chi connectivity index (χ0n) is 7.43. The quantitative estimate of drug-likeness (QED) is 0.603. The Kier molecular flexibility index (Phi) is 3.89. The number of hydrogen-bond acceptors (Lipinski definition) is 4. The van der Waals surface area contributed by atoms with Crippen LogP contribution in [0.25, 0.3) is 0 Å². The number of alkyl halides is 3. The summed E-state index contributed by atoms with van der Waals surface area (Å²) < 4.78 is 73.2. The molecule has 17 heavy (non-hydrogen) atoms. The van der Waals surface area contributed by atoms with Crippen LogP contribution in [0.4, 0.5) is 17.6 Å². The van der Waals surface area contributed by atoms with E-state index in [-0.39, 0.29) is 0 Å². The van der Waals surface area contributed by atoms with Gasteiger partial charge in [0.1, 0.15) is 4.47 Å². The van der Waals surface area contributed by atoms with Crippen LogP contribution in [0.3, 0.4) is 0 Å². The average molecular weight is 358 g/mol. The normalized spacial score (nSPS) is 12.6. The molecule has 0 aromatic carbocycles. The third-order valence-electron chi connectivity index (χ3n) is 1.35. The Labute approximate surface area is 105 Å². The highest BCUT2D eigenvalue weighted by Gasteiger charge is 2.36. The molecule has 1 rings (SSSR count). The summed E-state index contributed by atoms with van der Waals surface area (Å²) in [7, 11) is 0.230. The SMILES string of the molecule is O=S(=O)(Cl)c1ncc(F)c(Br)c1OC(F)(F)F. The topological polar surface area (TPSA) is 56.3 Å². The minimum atomic E-state index is -5.21. The predicted molar refractivity (Wildman–Crippen MR) is 51.6 cm³/mol. The lowest BCUT2D eigenvalue weighted by molar-refractivity contribution is -0.276. The number of halogens is 6. The lowest BCUT2D eigenvalue weighted by Crippen LogP contribution is -2.19. The smallest absolute Gasteiger partial charge is 0.401 e. The van der Waals surface area contributed by atoms with E-state index in [1.165, 1.54) is 0 Å². The molecule has 0 amide bonds. The van der Waals surface area contributed by atoms with Crippen molar-refractivity contribution < 1.29 is 30.7 Å². The molecule has 0 unspecified atom stereocenters. The number of rotatable bonds is 2. The molecule has 96 valence electrons. The zero-order valence-corrected chi connectivity index (χ0v) is 10.6. The van der Waals surface area contributed by atoms with E-state index in [9.17, 15) is 26.0 Å². The first kappa shape index (κ1) is 14.5. The summed E-state index contributed by atoms with van der Waals surface area (Å²) in [5, 5.41) is -1.23. The molecule has 0 atom stereocenters. The first-order valence-corrected chi connectivity index (χ1v) is 6.67. The van der Waals surface area contributed by atoms with Crippen LogP contribution in [0.5, 0.6) is 5.75 Å². The van der Waals surface area contributed by atoms with Crippen LogP contribution in [-0.4, -0.2) is 19.8 Å². The second-order valence-corrected chi connectivity index (χ2v) is 5.81. The molecule has 0 aliphatic rings. The van der Waals surface area contributed by atoms with Crippen molar-refractivity contribution in [1.29, 1.82) is 0 Å². The van der Waals surface area contributed by atoms with Crippen LogP contribution in [0.15, 0.2) is 15.7 Å². The summed E-state index contributed by atoms with van der Waals surface area (Å²) in [4.78, 5) is 2.94. The van der Waals surface area contributed by atoms with E-state index in [4.69, 9.17) is 10.7 Å². The highest BCUT2D eigenvalue weighted by Crippen LogP contribution is 2.37. The Hall–Kier alpha value is -0.610. The van der Waals surface area contributed by atoms with Crippen LogP contribution in [0.1, 0.15) is 0 Å². The monoisotopic (exact) mass is 357 g/mol. The number of aromatic nitrogens is 1. The van der Waals surface area contributed by atoms with Crippen molar-refractivity contribution in [3.63, 3.8) is 0 Å². The van der Waals surface area contributed by atoms with E-state index in [0.29, 0.717) is 6.20 Å². The van der Waals surface area contributed by atoms with E-state index in [2.05, 4.69) is 25.7 Å². The van der Waals surface area contributed by atoms with Crippen molar-refractivity contribution in [2.45, 2.75) is 11.4 Å². The van der Waals surface area contributed by atoms with Crippen molar-refractivity contribution in [2.24, 2.45) is 0 Å². The van der Waals surface area contributed by atoms with Gasteiger partial charge in [-0.15, -0.1) is 13.2 Å². The van der Waals surface area contributed by atoms with Crippen LogP contribution in [-0.2, 0) is 9.05 Å². The first-order valence-electron chi connectivity index (χ1n) is 3.57. The molecule has 0 N–H and O–H groups in total. The molecular weight excluding hydrogens is 357 g/mol. The summed E-state index contributed by atoms with van der Waals surface area (Å²) in [5.74, 6) is -2.58. The molecule has 0 aliphatic carbocycles. The van der Waals surface area contributed by atoms with Gasteiger partial charge in [-0.2, -0.15) is 0 Å². The highest BCUT2D eigenvalue weighted by atomic mass is 79.9. The Morgan fingerprint density at radius 1 is 1.41 bits per heavy atom. The van der Waals surface area contributed by atoms with Gasteiger partial charge in [0, 0.05) is 10.7 Å². The van der Waals surface area contributed by atoms with Crippen molar-refractivity contribution in [1.82, 2.24) is 4.98 Å². The van der Waals surface area contributed by atoms with Crippen molar-refractivity contribution >= 4 is 35.7 Å². The lowest BCUT2D eigenvalue weighted by atomic mass is 10.4. The number of nitrogens with zero attached hydrogens (tertiary/aromatic N) is 1. The van der Waals surface area contributed by atoms with Gasteiger partial charge in [-0.25, -0.2) is 17.8 Å². The second-order valence-electron chi connectivity index (χ2n) is 2.54. The van der Waals surface area contributed by atoms with Crippen LogP contribution >= 0.6 is 26.6 Å². The predicted octanol–water partition coefficient (Wildman–Crippen LogP) is 2.81. The van der Waals surface area contributed by atoms with E-state index in [1.54, 1.807) is 0 Å². The Morgan fingerprint density at radius 3 is 2.35 bits per heavy atom. The zero-order chi connectivity index (χ0) is 13.4. The highest BCUT2D eigenvalue weighted by molar-refractivity contribution is 9.10. The molecule has 0 spiro atoms. The number of ether oxygens (including phenoxy) is 1. The van der Waals surface area contributed by atoms with E-state index >= 15 is 0 Å². The van der Waals surface area contributed by atoms with Gasteiger partial charge < -0.3 is 4.74 Å². The molecule has 0 saturated carbocycles. The summed E-state index contributed by atoms with van der Waals surface area (Å²) in [5.41, 5.74) is 0. The van der Waals surface area contributed by atoms with Crippen molar-refractivity contribution in [3.05, 3.63) is 16.5 Å². The fourth-order valence-electron chi connectivity index (χ4n) is 0.811. The second kappa shape index (κ2) is 4.58. The minimum Gasteiger partial charge on any atom is -0.401 e. The molecule has 0 fully saturated rings. The third kappa shape index (κ3) is 3.68. The summed E-state index contributed by atoms with van der Waals surface area (Å²) in [6.07, 6.45) is -4.82. The molecular formula is C6HBrClF4NO3S. The summed E-state index contributed by atoms with van der Waals surface area (Å²) in [6, 6.07) is 0. The van der Waals surface area contributed by atoms with Gasteiger partial charge in [0.2, 0.25) is 5.03 Å². The fourth-order valence-corrected chi connectivity index (χ4v) is 2.19.